The maximum absolute atomic E-state index is 12.2. The smallest absolute Gasteiger partial charge is 0.325 e. The maximum Gasteiger partial charge on any atom is 0.325 e. The first-order valence-corrected chi connectivity index (χ1v) is 21.8. The van der Waals surface area contributed by atoms with Crippen molar-refractivity contribution in [1.29, 1.82) is 0 Å². The lowest BCUT2D eigenvalue weighted by Crippen LogP contribution is -2.28. The van der Waals surface area contributed by atoms with Gasteiger partial charge < -0.3 is 24.7 Å². The average molecular weight is 746 g/mol. The summed E-state index contributed by atoms with van der Waals surface area (Å²) in [6.45, 7) is 11.2. The number of benzene rings is 3. The Morgan fingerprint density at radius 2 is 1.50 bits per heavy atom. The van der Waals surface area contributed by atoms with Crippen molar-refractivity contribution in [3.8, 4) is 0 Å². The van der Waals surface area contributed by atoms with Crippen LogP contribution in [0.15, 0.2) is 103 Å². The zero-order chi connectivity index (χ0) is 37.9. The minimum atomic E-state index is -4.15. The normalized spacial score (nSPS) is 18.6. The van der Waals surface area contributed by atoms with Gasteiger partial charge >= 0.3 is 13.6 Å². The molecule has 1 unspecified atom stereocenters. The standard InChI is InChI=1S/C41H50N2O7P2/c1-40(2)33-12-6-8-14-35(33)42(26-10-28-51(5,46)47)37(40)23-21-32(31-19-16-30(17-20-31)18-25-39(44)45)22-24-38-41(3,4)34-13-7-9-15-36(34)43(38)27-11-29-52(48,49)50/h6-9,12-17,19-24H,10-11,18,25-29H2,1-5H3,(H3-,44,45,46,47,48,49,50)/p+1. The molecule has 0 saturated heterocycles. The molecule has 2 aliphatic rings. The van der Waals surface area contributed by atoms with Crippen LogP contribution in [0.5, 0.6) is 0 Å². The first kappa shape index (κ1) is 39.4. The molecule has 9 nitrogen and oxygen atoms in total. The molecule has 0 saturated carbocycles. The van der Waals surface area contributed by atoms with E-state index in [1.165, 1.54) is 12.2 Å². The summed E-state index contributed by atoms with van der Waals surface area (Å²) in [5.74, 6) is -0.841. The Morgan fingerprint density at radius 1 is 0.846 bits per heavy atom. The van der Waals surface area contributed by atoms with Crippen molar-refractivity contribution in [2.45, 2.75) is 64.2 Å². The van der Waals surface area contributed by atoms with E-state index in [9.17, 15) is 33.7 Å². The molecule has 0 aromatic heterocycles. The Hall–Kier alpha value is -3.84. The zero-order valence-corrected chi connectivity index (χ0v) is 32.5. The Labute approximate surface area is 307 Å². The summed E-state index contributed by atoms with van der Waals surface area (Å²) in [6.07, 6.45) is 9.84. The van der Waals surface area contributed by atoms with Crippen LogP contribution in [0, 0.1) is 0 Å². The fourth-order valence-electron chi connectivity index (χ4n) is 7.42. The van der Waals surface area contributed by atoms with Crippen molar-refractivity contribution in [1.82, 2.24) is 0 Å². The number of allylic oxidation sites excluding steroid dienone is 6. The second kappa shape index (κ2) is 15.6. The summed E-state index contributed by atoms with van der Waals surface area (Å²) in [7, 11) is -7.31. The van der Waals surface area contributed by atoms with Gasteiger partial charge in [-0.05, 0) is 67.2 Å². The molecule has 2 aliphatic heterocycles. The highest BCUT2D eigenvalue weighted by Crippen LogP contribution is 2.48. The minimum Gasteiger partial charge on any atom is -0.481 e. The topological polar surface area (TPSA) is 138 Å². The van der Waals surface area contributed by atoms with Crippen LogP contribution < -0.4 is 4.90 Å². The molecule has 1 atom stereocenters. The largest absolute Gasteiger partial charge is 0.481 e. The van der Waals surface area contributed by atoms with Gasteiger partial charge in [0.05, 0.1) is 11.6 Å². The molecule has 5 rings (SSSR count). The molecule has 3 aromatic carbocycles. The predicted octanol–water partition coefficient (Wildman–Crippen LogP) is 8.26. The van der Waals surface area contributed by atoms with E-state index in [1.807, 2.05) is 48.5 Å². The van der Waals surface area contributed by atoms with Crippen molar-refractivity contribution in [3.05, 3.63) is 125 Å². The van der Waals surface area contributed by atoms with Gasteiger partial charge in [-0.1, -0.05) is 80.6 Å². The van der Waals surface area contributed by atoms with Gasteiger partial charge in [0.1, 0.15) is 6.54 Å². The molecule has 3 aromatic rings. The van der Waals surface area contributed by atoms with Crippen molar-refractivity contribution in [2.24, 2.45) is 0 Å². The van der Waals surface area contributed by atoms with Gasteiger partial charge in [0.15, 0.2) is 13.1 Å². The predicted molar refractivity (Wildman–Crippen MR) is 210 cm³/mol. The van der Waals surface area contributed by atoms with Crippen molar-refractivity contribution in [3.63, 3.8) is 0 Å². The lowest BCUT2D eigenvalue weighted by molar-refractivity contribution is -0.437. The molecular weight excluding hydrogens is 694 g/mol. The summed E-state index contributed by atoms with van der Waals surface area (Å²) in [5.41, 5.74) is 8.60. The fourth-order valence-corrected chi connectivity index (χ4v) is 8.70. The molecule has 2 heterocycles. The van der Waals surface area contributed by atoms with Gasteiger partial charge in [0, 0.05) is 66.7 Å². The number of rotatable bonds is 15. The minimum absolute atomic E-state index is 0.0507. The van der Waals surface area contributed by atoms with E-state index in [2.05, 4.69) is 85.7 Å². The average Bonchev–Trinajstić information content (AvgIpc) is 3.41. The first-order chi connectivity index (χ1) is 24.4. The Morgan fingerprint density at radius 3 is 2.15 bits per heavy atom. The van der Waals surface area contributed by atoms with Crippen LogP contribution in [-0.4, -0.2) is 68.1 Å². The zero-order valence-electron chi connectivity index (χ0n) is 30.7. The van der Waals surface area contributed by atoms with Crippen LogP contribution in [0.2, 0.25) is 0 Å². The van der Waals surface area contributed by atoms with Gasteiger partial charge in [-0.3, -0.25) is 13.9 Å². The lowest BCUT2D eigenvalue weighted by atomic mass is 9.81. The van der Waals surface area contributed by atoms with E-state index in [0.717, 1.165) is 45.0 Å². The molecule has 0 aliphatic carbocycles. The maximum atomic E-state index is 12.2. The monoisotopic (exact) mass is 745 g/mol. The SMILES string of the molecule is CC1(C)C(/C=C/C(=C/C=C2/N(CCCP(C)(=O)O)c3ccccc3C2(C)C)c2ccc(CCC(=O)O)cc2)=[N+](CCCP(=O)(O)O)c2ccccc21. The second-order valence-corrected chi connectivity index (χ2v) is 19.3. The van der Waals surface area contributed by atoms with E-state index >= 15 is 0 Å². The number of para-hydroxylation sites is 2. The number of carboxylic acids is 1. The second-order valence-electron chi connectivity index (χ2n) is 14.9. The van der Waals surface area contributed by atoms with Crippen LogP contribution in [0.25, 0.3) is 5.57 Å². The number of carboxylic acid groups (broad SMARTS) is 1. The van der Waals surface area contributed by atoms with E-state index in [0.29, 0.717) is 32.4 Å². The molecule has 4 N–H and O–H groups in total. The van der Waals surface area contributed by atoms with Crippen LogP contribution in [0.3, 0.4) is 0 Å². The number of aryl methyl sites for hydroxylation is 1. The summed E-state index contributed by atoms with van der Waals surface area (Å²) in [6, 6.07) is 24.4. The van der Waals surface area contributed by atoms with E-state index in [1.54, 1.807) is 0 Å². The Kier molecular flexibility index (Phi) is 11.8. The summed E-state index contributed by atoms with van der Waals surface area (Å²) >= 11 is 0. The highest BCUT2D eigenvalue weighted by atomic mass is 31.2. The number of nitrogens with zero attached hydrogens (tertiary/aromatic N) is 2. The number of hydrogen-bond donors (Lipinski definition) is 4. The number of aliphatic carboxylic acids is 1. The molecule has 0 amide bonds. The van der Waals surface area contributed by atoms with Crippen LogP contribution in [0.1, 0.15) is 69.2 Å². The lowest BCUT2D eigenvalue weighted by Gasteiger charge is -2.27. The van der Waals surface area contributed by atoms with Crippen LogP contribution in [-0.2, 0) is 31.2 Å². The van der Waals surface area contributed by atoms with Crippen molar-refractivity contribution in [2.75, 3.05) is 37.0 Å². The molecule has 276 valence electrons. The number of anilines is 1. The molecule has 52 heavy (non-hydrogen) atoms. The highest BCUT2D eigenvalue weighted by Gasteiger charge is 2.44. The highest BCUT2D eigenvalue weighted by molar-refractivity contribution is 7.57. The van der Waals surface area contributed by atoms with Gasteiger partial charge in [-0.15, -0.1) is 0 Å². The molecule has 0 spiro atoms. The van der Waals surface area contributed by atoms with Gasteiger partial charge in [-0.25, -0.2) is 0 Å². The number of carbonyl (C=O) groups is 1. The molecule has 11 heteroatoms. The van der Waals surface area contributed by atoms with Crippen LogP contribution in [0.4, 0.5) is 11.4 Å². The number of hydrogen-bond acceptors (Lipinski definition) is 4. The Balaban J connectivity index is 1.60. The van der Waals surface area contributed by atoms with Gasteiger partial charge in [0.2, 0.25) is 5.69 Å². The van der Waals surface area contributed by atoms with E-state index < -0.39 is 20.9 Å². The first-order valence-electron chi connectivity index (χ1n) is 17.8. The van der Waals surface area contributed by atoms with E-state index in [-0.39, 0.29) is 29.6 Å². The van der Waals surface area contributed by atoms with Gasteiger partial charge in [0.25, 0.3) is 0 Å². The molecule has 0 radical (unpaired) electrons. The van der Waals surface area contributed by atoms with E-state index in [4.69, 9.17) is 0 Å². The van der Waals surface area contributed by atoms with Crippen LogP contribution >= 0.6 is 15.0 Å². The van der Waals surface area contributed by atoms with Crippen molar-refractivity contribution >= 4 is 43.6 Å². The number of fused-ring (bicyclic) bond motifs is 2. The third-order valence-corrected chi connectivity index (χ3v) is 12.2. The summed E-state index contributed by atoms with van der Waals surface area (Å²) < 4.78 is 26.1. The summed E-state index contributed by atoms with van der Waals surface area (Å²) in [5, 5.41) is 9.21. The quantitative estimate of drug-likeness (QED) is 0.0693. The Bertz CT molecular complexity index is 2030. The third kappa shape index (κ3) is 9.20. The fraction of sp³-hybridized carbons (Fsp3) is 0.366. The van der Waals surface area contributed by atoms with Crippen molar-refractivity contribution < 1.29 is 38.3 Å². The molecule has 0 fully saturated rings. The van der Waals surface area contributed by atoms with Gasteiger partial charge in [-0.2, -0.15) is 4.58 Å². The molecule has 0 bridgehead atoms. The third-order valence-electron chi connectivity index (χ3n) is 10.1. The molecular formula is C41H51N2O7P2+. The summed E-state index contributed by atoms with van der Waals surface area (Å²) in [4.78, 5) is 42.7.